The van der Waals surface area contributed by atoms with Gasteiger partial charge in [-0.15, -0.1) is 12.4 Å². The molecule has 0 saturated carbocycles. The lowest BCUT2D eigenvalue weighted by atomic mass is 9.96. The molecule has 1 aliphatic heterocycles. The second-order valence-electron chi connectivity index (χ2n) is 4.90. The van der Waals surface area contributed by atoms with Crippen LogP contribution in [0.4, 0.5) is 10.1 Å². The van der Waals surface area contributed by atoms with Crippen LogP contribution in [-0.2, 0) is 0 Å². The average molecular weight is 332 g/mol. The molecule has 0 radical (unpaired) electrons. The third-order valence-corrected chi connectivity index (χ3v) is 3.39. The molecule has 0 saturated heterocycles. The summed E-state index contributed by atoms with van der Waals surface area (Å²) in [7, 11) is 0. The summed E-state index contributed by atoms with van der Waals surface area (Å²) in [5.74, 6) is -1.01. The first kappa shape index (κ1) is 16.7. The molecule has 2 N–H and O–H groups in total. The third kappa shape index (κ3) is 3.57. The minimum atomic E-state index is -0.634. The molecule has 23 heavy (non-hydrogen) atoms. The van der Waals surface area contributed by atoms with E-state index in [1.807, 2.05) is 30.3 Å². The molecule has 0 aromatic heterocycles. The van der Waals surface area contributed by atoms with Gasteiger partial charge < -0.3 is 5.73 Å². The topological polar surface area (TPSA) is 58.7 Å². The highest BCUT2D eigenvalue weighted by Crippen LogP contribution is 2.21. The predicted octanol–water partition coefficient (Wildman–Crippen LogP) is 3.35. The summed E-state index contributed by atoms with van der Waals surface area (Å²) in [5, 5.41) is 5.86. The Morgan fingerprint density at radius 2 is 1.74 bits per heavy atom. The van der Waals surface area contributed by atoms with Crippen molar-refractivity contribution in [2.75, 3.05) is 5.01 Å². The number of carbonyl (C=O) groups excluding carboxylic acids is 1. The number of nitrogens with zero attached hydrogens (tertiary/aromatic N) is 2. The monoisotopic (exact) mass is 331 g/mol. The molecule has 0 aliphatic carbocycles. The van der Waals surface area contributed by atoms with Gasteiger partial charge in [-0.2, -0.15) is 5.10 Å². The normalized spacial score (nSPS) is 16.5. The number of para-hydroxylation sites is 1. The molecule has 1 heterocycles. The SMILES string of the molecule is Cl.NC1=NN(c2ccccc2)C=CC1C(=O)c1ccc(F)cc1. The van der Waals surface area contributed by atoms with Crippen molar-refractivity contribution in [3.8, 4) is 0 Å². The summed E-state index contributed by atoms with van der Waals surface area (Å²) in [4.78, 5) is 12.4. The Kier molecular flexibility index (Phi) is 5.13. The first-order valence-corrected chi connectivity index (χ1v) is 6.81. The highest BCUT2D eigenvalue weighted by atomic mass is 35.5. The van der Waals surface area contributed by atoms with E-state index in [1.54, 1.807) is 17.3 Å². The molecular formula is C17H15ClFN3O. The number of rotatable bonds is 3. The van der Waals surface area contributed by atoms with Crippen LogP contribution < -0.4 is 10.7 Å². The van der Waals surface area contributed by atoms with Crippen LogP contribution in [0.1, 0.15) is 10.4 Å². The van der Waals surface area contributed by atoms with E-state index in [1.165, 1.54) is 24.3 Å². The van der Waals surface area contributed by atoms with Gasteiger partial charge in [0.15, 0.2) is 5.78 Å². The number of nitrogens with two attached hydrogens (primary N) is 1. The van der Waals surface area contributed by atoms with Gasteiger partial charge in [-0.3, -0.25) is 4.79 Å². The van der Waals surface area contributed by atoms with E-state index in [2.05, 4.69) is 5.10 Å². The average Bonchev–Trinajstić information content (AvgIpc) is 2.56. The van der Waals surface area contributed by atoms with Crippen molar-refractivity contribution in [1.82, 2.24) is 0 Å². The van der Waals surface area contributed by atoms with Crippen molar-refractivity contribution in [3.05, 3.63) is 78.3 Å². The summed E-state index contributed by atoms with van der Waals surface area (Å²) in [6, 6.07) is 14.9. The predicted molar refractivity (Wildman–Crippen MR) is 91.2 cm³/mol. The molecular weight excluding hydrogens is 317 g/mol. The smallest absolute Gasteiger partial charge is 0.177 e. The van der Waals surface area contributed by atoms with Gasteiger partial charge in [0.05, 0.1) is 5.69 Å². The zero-order chi connectivity index (χ0) is 15.5. The molecule has 3 rings (SSSR count). The Labute approximate surface area is 139 Å². The van der Waals surface area contributed by atoms with Crippen LogP contribution >= 0.6 is 12.4 Å². The van der Waals surface area contributed by atoms with E-state index in [9.17, 15) is 9.18 Å². The summed E-state index contributed by atoms with van der Waals surface area (Å²) in [6.45, 7) is 0. The highest BCUT2D eigenvalue weighted by Gasteiger charge is 2.25. The van der Waals surface area contributed by atoms with Crippen LogP contribution in [0.15, 0.2) is 72.0 Å². The first-order valence-electron chi connectivity index (χ1n) is 6.81. The third-order valence-electron chi connectivity index (χ3n) is 3.39. The van der Waals surface area contributed by atoms with E-state index in [0.29, 0.717) is 5.56 Å². The zero-order valence-corrected chi connectivity index (χ0v) is 12.9. The number of benzene rings is 2. The van der Waals surface area contributed by atoms with Gasteiger partial charge in [0.2, 0.25) is 0 Å². The van der Waals surface area contributed by atoms with Gasteiger partial charge in [-0.05, 0) is 42.5 Å². The molecule has 1 atom stereocenters. The molecule has 1 unspecified atom stereocenters. The number of hydrogen-bond donors (Lipinski definition) is 1. The maximum Gasteiger partial charge on any atom is 0.177 e. The quantitative estimate of drug-likeness (QED) is 0.877. The second-order valence-corrected chi connectivity index (χ2v) is 4.90. The van der Waals surface area contributed by atoms with Gasteiger partial charge in [-0.25, -0.2) is 9.40 Å². The van der Waals surface area contributed by atoms with Crippen molar-refractivity contribution in [2.45, 2.75) is 0 Å². The van der Waals surface area contributed by atoms with Gasteiger partial charge >= 0.3 is 0 Å². The minimum absolute atomic E-state index is 0. The van der Waals surface area contributed by atoms with Crippen molar-refractivity contribution in [3.63, 3.8) is 0 Å². The summed E-state index contributed by atoms with van der Waals surface area (Å²) < 4.78 is 12.9. The molecule has 4 nitrogen and oxygen atoms in total. The fraction of sp³-hybridized carbons (Fsp3) is 0.0588. The fourth-order valence-electron chi connectivity index (χ4n) is 2.23. The fourth-order valence-corrected chi connectivity index (χ4v) is 2.23. The number of hydrogen-bond acceptors (Lipinski definition) is 4. The Hall–Kier alpha value is -2.66. The zero-order valence-electron chi connectivity index (χ0n) is 12.1. The van der Waals surface area contributed by atoms with Gasteiger partial charge in [0, 0.05) is 11.8 Å². The van der Waals surface area contributed by atoms with Gasteiger partial charge in [-0.1, -0.05) is 18.2 Å². The standard InChI is InChI=1S/C17H14FN3O.ClH/c18-13-8-6-12(7-9-13)16(22)15-10-11-21(20-17(15)19)14-4-2-1-3-5-14;/h1-11,15H,(H2,19,20);1H. The van der Waals surface area contributed by atoms with E-state index in [4.69, 9.17) is 5.73 Å². The van der Waals surface area contributed by atoms with Gasteiger partial charge in [0.25, 0.3) is 0 Å². The van der Waals surface area contributed by atoms with E-state index < -0.39 is 5.92 Å². The number of hydrazone groups is 1. The molecule has 0 bridgehead atoms. The van der Waals surface area contributed by atoms with E-state index in [-0.39, 0.29) is 29.8 Å². The summed E-state index contributed by atoms with van der Waals surface area (Å²) in [6.07, 6.45) is 3.40. The lowest BCUT2D eigenvalue weighted by Crippen LogP contribution is -2.34. The lowest BCUT2D eigenvalue weighted by Gasteiger charge is -2.22. The number of halogens is 2. The number of anilines is 1. The van der Waals surface area contributed by atoms with E-state index >= 15 is 0 Å². The van der Waals surface area contributed by atoms with Crippen LogP contribution in [0.2, 0.25) is 0 Å². The number of carbonyl (C=O) groups is 1. The van der Waals surface area contributed by atoms with Crippen molar-refractivity contribution >= 4 is 29.7 Å². The van der Waals surface area contributed by atoms with Crippen molar-refractivity contribution in [2.24, 2.45) is 16.8 Å². The molecule has 118 valence electrons. The van der Waals surface area contributed by atoms with E-state index in [0.717, 1.165) is 5.69 Å². The van der Waals surface area contributed by atoms with Crippen molar-refractivity contribution in [1.29, 1.82) is 0 Å². The van der Waals surface area contributed by atoms with Crippen molar-refractivity contribution < 1.29 is 9.18 Å². The van der Waals surface area contributed by atoms with Crippen LogP contribution in [0.25, 0.3) is 0 Å². The summed E-state index contributed by atoms with van der Waals surface area (Å²) in [5.41, 5.74) is 7.20. The lowest BCUT2D eigenvalue weighted by molar-refractivity contribution is 0.0971. The summed E-state index contributed by atoms with van der Waals surface area (Å²) >= 11 is 0. The number of ketones is 1. The number of Topliss-reactive ketones (excluding diaryl/α,β-unsaturated/α-hetero) is 1. The highest BCUT2D eigenvalue weighted by molar-refractivity contribution is 6.13. The Morgan fingerprint density at radius 3 is 2.35 bits per heavy atom. The maximum absolute atomic E-state index is 12.9. The maximum atomic E-state index is 12.9. The minimum Gasteiger partial charge on any atom is -0.385 e. The number of amidine groups is 1. The molecule has 1 aliphatic rings. The Morgan fingerprint density at radius 1 is 1.09 bits per heavy atom. The molecule has 6 heteroatoms. The Bertz CT molecular complexity index is 744. The first-order chi connectivity index (χ1) is 10.6. The Balaban J connectivity index is 0.00000192. The second kappa shape index (κ2) is 7.07. The van der Waals surface area contributed by atoms with Gasteiger partial charge in [0.1, 0.15) is 17.6 Å². The van der Waals surface area contributed by atoms with Crippen LogP contribution in [0, 0.1) is 11.7 Å². The molecule has 0 amide bonds. The van der Waals surface area contributed by atoms with Crippen LogP contribution in [0.5, 0.6) is 0 Å². The molecule has 0 fully saturated rings. The van der Waals surface area contributed by atoms with Crippen LogP contribution in [-0.4, -0.2) is 11.6 Å². The molecule has 2 aromatic rings. The molecule has 2 aromatic carbocycles. The largest absolute Gasteiger partial charge is 0.385 e. The molecule has 0 spiro atoms. The van der Waals surface area contributed by atoms with Crippen LogP contribution in [0.3, 0.4) is 0 Å².